The van der Waals surface area contributed by atoms with Gasteiger partial charge in [-0.25, -0.2) is 8.42 Å². The Morgan fingerprint density at radius 2 is 1.84 bits per heavy atom. The van der Waals surface area contributed by atoms with Crippen LogP contribution in [0.1, 0.15) is 36.5 Å². The number of fused-ring (bicyclic) bond motifs is 1. The van der Waals surface area contributed by atoms with E-state index in [0.29, 0.717) is 13.0 Å². The molecule has 1 atom stereocenters. The van der Waals surface area contributed by atoms with E-state index in [1.165, 1.54) is 0 Å². The summed E-state index contributed by atoms with van der Waals surface area (Å²) in [4.78, 5) is 12.0. The zero-order chi connectivity index (χ0) is 23.1. The van der Waals surface area contributed by atoms with Crippen LogP contribution in [-0.2, 0) is 32.5 Å². The van der Waals surface area contributed by atoms with Gasteiger partial charge >= 0.3 is 5.97 Å². The lowest BCUT2D eigenvalue weighted by molar-refractivity contribution is -0.142. The Balaban J connectivity index is 1.67. The van der Waals surface area contributed by atoms with Gasteiger partial charge in [-0.15, -0.1) is 0 Å². The van der Waals surface area contributed by atoms with E-state index in [9.17, 15) is 13.2 Å². The minimum absolute atomic E-state index is 0.00606. The fraction of sp³-hybridized carbons (Fsp3) is 0.333. The molecule has 0 aliphatic heterocycles. The van der Waals surface area contributed by atoms with Gasteiger partial charge in [0.2, 0.25) is 0 Å². The topological polar surface area (TPSA) is 98.5 Å². The lowest BCUT2D eigenvalue weighted by Crippen LogP contribution is -2.31. The molecule has 1 heterocycles. The van der Waals surface area contributed by atoms with E-state index in [2.05, 4.69) is 16.9 Å². The normalized spacial score (nSPS) is 12.2. The summed E-state index contributed by atoms with van der Waals surface area (Å²) in [6, 6.07) is 13.2. The summed E-state index contributed by atoms with van der Waals surface area (Å²) in [6.45, 7) is 2.29. The van der Waals surface area contributed by atoms with Gasteiger partial charge in [-0.2, -0.15) is 5.10 Å². The fourth-order valence-electron chi connectivity index (χ4n) is 3.29. The molecular formula is C24H26N2O5S. The number of esters is 1. The fourth-order valence-corrected chi connectivity index (χ4v) is 4.30. The molecule has 0 saturated carbocycles. The number of ether oxygens (including phenoxy) is 1. The minimum atomic E-state index is -3.54. The van der Waals surface area contributed by atoms with E-state index in [-0.39, 0.29) is 19.6 Å². The smallest absolute Gasteiger partial charge is 0.324 e. The van der Waals surface area contributed by atoms with Gasteiger partial charge in [-0.05, 0) is 55.7 Å². The maximum Gasteiger partial charge on any atom is 0.324 e. The van der Waals surface area contributed by atoms with E-state index in [0.717, 1.165) is 33.8 Å². The van der Waals surface area contributed by atoms with Crippen molar-refractivity contribution in [2.75, 3.05) is 12.9 Å². The molecule has 0 saturated heterocycles. The molecule has 0 fully saturated rings. The van der Waals surface area contributed by atoms with Crippen LogP contribution in [0.5, 0.6) is 0 Å². The number of sulfone groups is 1. The lowest BCUT2D eigenvalue weighted by Gasteiger charge is -2.13. The molecule has 0 radical (unpaired) electrons. The molecule has 0 spiro atoms. The number of aliphatic hydroxyl groups excluding tert-OH is 1. The molecule has 3 rings (SSSR count). The predicted molar refractivity (Wildman–Crippen MR) is 123 cm³/mol. The number of hydrogen-bond donors (Lipinski definition) is 1. The summed E-state index contributed by atoms with van der Waals surface area (Å²) in [5.41, 5.74) is 3.37. The number of aromatic nitrogens is 2. The molecule has 2 aromatic carbocycles. The molecule has 3 aromatic rings. The Morgan fingerprint density at radius 1 is 1.16 bits per heavy atom. The van der Waals surface area contributed by atoms with Crippen molar-refractivity contribution in [1.82, 2.24) is 9.78 Å². The summed E-state index contributed by atoms with van der Waals surface area (Å²) in [5, 5.41) is 13.4. The summed E-state index contributed by atoms with van der Waals surface area (Å²) in [7, 11) is -3.54. The average Bonchev–Trinajstić information content (AvgIpc) is 3.17. The van der Waals surface area contributed by atoms with Crippen LogP contribution >= 0.6 is 0 Å². The summed E-state index contributed by atoms with van der Waals surface area (Å²) in [5.74, 6) is 5.54. The first-order valence-electron chi connectivity index (χ1n) is 10.3. The van der Waals surface area contributed by atoms with Crippen LogP contribution in [0.3, 0.4) is 0 Å². The molecule has 0 amide bonds. The third-order valence-electron chi connectivity index (χ3n) is 4.96. The van der Waals surface area contributed by atoms with Crippen molar-refractivity contribution in [3.8, 4) is 11.8 Å². The highest BCUT2D eigenvalue weighted by Gasteiger charge is 2.29. The van der Waals surface area contributed by atoms with Gasteiger partial charge in [0.15, 0.2) is 15.1 Å². The first kappa shape index (κ1) is 23.5. The van der Waals surface area contributed by atoms with E-state index in [1.807, 2.05) is 48.7 Å². The van der Waals surface area contributed by atoms with Gasteiger partial charge in [0.25, 0.3) is 0 Å². The van der Waals surface area contributed by atoms with Crippen molar-refractivity contribution in [1.29, 1.82) is 0 Å². The van der Waals surface area contributed by atoms with Gasteiger partial charge in [0.1, 0.15) is 0 Å². The second-order valence-corrected chi connectivity index (χ2v) is 9.71. The van der Waals surface area contributed by atoms with Gasteiger partial charge < -0.3 is 9.84 Å². The highest BCUT2D eigenvalue weighted by molar-refractivity contribution is 7.92. The molecule has 0 aliphatic carbocycles. The summed E-state index contributed by atoms with van der Waals surface area (Å²) in [6.07, 6.45) is 3.59. The zero-order valence-electron chi connectivity index (χ0n) is 18.1. The molecule has 1 N–H and O–H groups in total. The van der Waals surface area contributed by atoms with Crippen LogP contribution in [-0.4, -0.2) is 47.4 Å². The second-order valence-electron chi connectivity index (χ2n) is 7.48. The first-order chi connectivity index (χ1) is 15.3. The average molecular weight is 455 g/mol. The minimum Gasteiger partial charge on any atom is -0.465 e. The number of aryl methyl sites for hydroxylation is 1. The Morgan fingerprint density at radius 3 is 2.50 bits per heavy atom. The Bertz CT molecular complexity index is 1250. The predicted octanol–water partition coefficient (Wildman–Crippen LogP) is 2.68. The highest BCUT2D eigenvalue weighted by Crippen LogP contribution is 2.16. The van der Waals surface area contributed by atoms with Crippen molar-refractivity contribution in [3.63, 3.8) is 0 Å². The van der Waals surface area contributed by atoms with Crippen LogP contribution in [0.2, 0.25) is 0 Å². The van der Waals surface area contributed by atoms with Crippen molar-refractivity contribution >= 4 is 26.7 Å². The van der Waals surface area contributed by atoms with Gasteiger partial charge in [-0.1, -0.05) is 24.0 Å². The molecular weight excluding hydrogens is 428 g/mol. The molecule has 0 bridgehead atoms. The Hall–Kier alpha value is -3.15. The van der Waals surface area contributed by atoms with E-state index >= 15 is 0 Å². The third kappa shape index (κ3) is 6.19. The molecule has 7 nitrogen and oxygen atoms in total. The number of benzene rings is 2. The van der Waals surface area contributed by atoms with Crippen LogP contribution < -0.4 is 0 Å². The van der Waals surface area contributed by atoms with Crippen molar-refractivity contribution in [2.24, 2.45) is 0 Å². The molecule has 0 aliphatic rings. The van der Waals surface area contributed by atoms with Crippen molar-refractivity contribution in [2.45, 2.75) is 38.2 Å². The lowest BCUT2D eigenvalue weighted by atomic mass is 10.1. The van der Waals surface area contributed by atoms with Crippen LogP contribution in [0.4, 0.5) is 0 Å². The maximum atomic E-state index is 12.0. The summed E-state index contributed by atoms with van der Waals surface area (Å²) < 4.78 is 30.5. The SMILES string of the molecule is CCOC(=O)C(CCCn1cc2cc(C#Cc3ccc(CO)cc3)ccc2n1)S(C)(=O)=O. The first-order valence-corrected chi connectivity index (χ1v) is 12.3. The van der Waals surface area contributed by atoms with Gasteiger partial charge in [0.05, 0.1) is 18.7 Å². The van der Waals surface area contributed by atoms with Crippen LogP contribution in [0.25, 0.3) is 10.9 Å². The maximum absolute atomic E-state index is 12.0. The quantitative estimate of drug-likeness (QED) is 0.415. The number of rotatable bonds is 8. The van der Waals surface area contributed by atoms with Crippen molar-refractivity contribution < 1.29 is 23.1 Å². The molecule has 1 unspecified atom stereocenters. The molecule has 168 valence electrons. The Kier molecular flexibility index (Phi) is 7.67. The number of aliphatic hydroxyl groups is 1. The number of hydrogen-bond acceptors (Lipinski definition) is 6. The van der Waals surface area contributed by atoms with Crippen LogP contribution in [0, 0.1) is 11.8 Å². The van der Waals surface area contributed by atoms with Gasteiger partial charge in [0, 0.05) is 35.5 Å². The zero-order valence-corrected chi connectivity index (χ0v) is 18.9. The molecule has 1 aromatic heterocycles. The van der Waals surface area contributed by atoms with E-state index in [4.69, 9.17) is 9.84 Å². The number of carbonyl (C=O) groups excluding carboxylic acids is 1. The van der Waals surface area contributed by atoms with Crippen LogP contribution in [0.15, 0.2) is 48.7 Å². The standard InChI is InChI=1S/C24H26N2O5S/c1-3-31-24(28)23(32(2,29)30)5-4-14-26-16-21-15-19(12-13-22(21)25-26)9-6-18-7-10-20(17-27)11-8-18/h7-8,10-13,15-16,23,27H,3-5,14,17H2,1-2H3. The molecule has 8 heteroatoms. The summed E-state index contributed by atoms with van der Waals surface area (Å²) >= 11 is 0. The highest BCUT2D eigenvalue weighted by atomic mass is 32.2. The molecule has 32 heavy (non-hydrogen) atoms. The van der Waals surface area contributed by atoms with E-state index < -0.39 is 21.1 Å². The second kappa shape index (κ2) is 10.4. The van der Waals surface area contributed by atoms with Gasteiger partial charge in [-0.3, -0.25) is 9.48 Å². The number of carbonyl (C=O) groups is 1. The third-order valence-corrected chi connectivity index (χ3v) is 6.42. The van der Waals surface area contributed by atoms with E-state index in [1.54, 1.807) is 11.6 Å². The largest absolute Gasteiger partial charge is 0.465 e. The number of nitrogens with zero attached hydrogens (tertiary/aromatic N) is 2. The monoisotopic (exact) mass is 454 g/mol. The Labute approximate surface area is 187 Å². The van der Waals surface area contributed by atoms with Crippen molar-refractivity contribution in [3.05, 3.63) is 65.4 Å².